The standard InChI is InChI=1S/C14H21NO2S/c1-4-5-11-6-12(18-10(11)2)13(16)15-7-14(3)8-17-9-14/h6H,4-5,7-9H2,1-3H3,(H,15,16). The maximum absolute atomic E-state index is 12.1. The summed E-state index contributed by atoms with van der Waals surface area (Å²) in [4.78, 5) is 14.2. The van der Waals surface area contributed by atoms with E-state index in [9.17, 15) is 4.79 Å². The molecule has 18 heavy (non-hydrogen) atoms. The van der Waals surface area contributed by atoms with Gasteiger partial charge in [-0.15, -0.1) is 11.3 Å². The highest BCUT2D eigenvalue weighted by Crippen LogP contribution is 2.26. The Morgan fingerprint density at radius 3 is 2.83 bits per heavy atom. The molecule has 1 aromatic heterocycles. The molecular weight excluding hydrogens is 246 g/mol. The first-order chi connectivity index (χ1) is 8.54. The third kappa shape index (κ3) is 2.93. The maximum Gasteiger partial charge on any atom is 0.261 e. The van der Waals surface area contributed by atoms with Crippen LogP contribution in [0.1, 0.15) is 40.4 Å². The normalized spacial score (nSPS) is 17.3. The summed E-state index contributed by atoms with van der Waals surface area (Å²) in [5, 5.41) is 3.02. The van der Waals surface area contributed by atoms with E-state index < -0.39 is 0 Å². The second-order valence-corrected chi connectivity index (χ2v) is 6.68. The molecule has 0 spiro atoms. The van der Waals surface area contributed by atoms with Crippen molar-refractivity contribution in [2.45, 2.75) is 33.6 Å². The van der Waals surface area contributed by atoms with Crippen molar-refractivity contribution in [3.8, 4) is 0 Å². The van der Waals surface area contributed by atoms with Gasteiger partial charge in [-0.3, -0.25) is 4.79 Å². The van der Waals surface area contributed by atoms with Gasteiger partial charge in [-0.1, -0.05) is 20.3 Å². The van der Waals surface area contributed by atoms with Crippen LogP contribution in [0.4, 0.5) is 0 Å². The highest BCUT2D eigenvalue weighted by Gasteiger charge is 2.33. The minimum absolute atomic E-state index is 0.0542. The third-order valence-corrected chi connectivity index (χ3v) is 4.43. The average molecular weight is 267 g/mol. The zero-order valence-electron chi connectivity index (χ0n) is 11.3. The molecule has 4 heteroatoms. The van der Waals surface area contributed by atoms with Crippen LogP contribution < -0.4 is 5.32 Å². The summed E-state index contributed by atoms with van der Waals surface area (Å²) in [6.07, 6.45) is 2.18. The van der Waals surface area contributed by atoms with Crippen LogP contribution in [0.25, 0.3) is 0 Å². The van der Waals surface area contributed by atoms with Crippen molar-refractivity contribution < 1.29 is 9.53 Å². The van der Waals surface area contributed by atoms with E-state index in [-0.39, 0.29) is 11.3 Å². The summed E-state index contributed by atoms with van der Waals surface area (Å²) < 4.78 is 5.18. The number of ether oxygens (including phenoxy) is 1. The van der Waals surface area contributed by atoms with Crippen molar-refractivity contribution in [3.63, 3.8) is 0 Å². The van der Waals surface area contributed by atoms with Crippen molar-refractivity contribution >= 4 is 17.2 Å². The van der Waals surface area contributed by atoms with Crippen LogP contribution in [-0.4, -0.2) is 25.7 Å². The third-order valence-electron chi connectivity index (χ3n) is 3.34. The molecule has 0 aliphatic carbocycles. The summed E-state index contributed by atoms with van der Waals surface area (Å²) in [6, 6.07) is 2.04. The summed E-state index contributed by atoms with van der Waals surface area (Å²) in [5.74, 6) is 0.0542. The van der Waals surface area contributed by atoms with E-state index in [1.54, 1.807) is 11.3 Å². The Balaban J connectivity index is 1.94. The molecule has 1 amide bonds. The number of carbonyl (C=O) groups excluding carboxylic acids is 1. The predicted octanol–water partition coefficient (Wildman–Crippen LogP) is 2.78. The molecule has 1 fully saturated rings. The van der Waals surface area contributed by atoms with Gasteiger partial charge in [0.05, 0.1) is 18.1 Å². The monoisotopic (exact) mass is 267 g/mol. The number of nitrogens with one attached hydrogen (secondary N) is 1. The van der Waals surface area contributed by atoms with Gasteiger partial charge in [0.1, 0.15) is 0 Å². The van der Waals surface area contributed by atoms with Crippen LogP contribution in [-0.2, 0) is 11.2 Å². The molecule has 1 aliphatic rings. The lowest BCUT2D eigenvalue weighted by Crippen LogP contribution is -2.48. The summed E-state index contributed by atoms with van der Waals surface area (Å²) in [5.41, 5.74) is 1.44. The lowest BCUT2D eigenvalue weighted by Gasteiger charge is -2.37. The topological polar surface area (TPSA) is 38.3 Å². The highest BCUT2D eigenvalue weighted by atomic mass is 32.1. The summed E-state index contributed by atoms with van der Waals surface area (Å²) >= 11 is 1.60. The fourth-order valence-electron chi connectivity index (χ4n) is 2.08. The summed E-state index contributed by atoms with van der Waals surface area (Å²) in [6.45, 7) is 8.59. The molecule has 0 atom stereocenters. The van der Waals surface area contributed by atoms with Gasteiger partial charge in [-0.2, -0.15) is 0 Å². The lowest BCUT2D eigenvalue weighted by atomic mass is 9.89. The molecule has 0 aromatic carbocycles. The van der Waals surface area contributed by atoms with Gasteiger partial charge >= 0.3 is 0 Å². The lowest BCUT2D eigenvalue weighted by molar-refractivity contribution is -0.0978. The second-order valence-electron chi connectivity index (χ2n) is 5.43. The van der Waals surface area contributed by atoms with Gasteiger partial charge < -0.3 is 10.1 Å². The molecule has 2 rings (SSSR count). The van der Waals surface area contributed by atoms with Gasteiger partial charge in [0, 0.05) is 16.8 Å². The van der Waals surface area contributed by atoms with E-state index in [0.717, 1.165) is 30.9 Å². The number of aryl methyl sites for hydroxylation is 2. The van der Waals surface area contributed by atoms with Gasteiger partial charge in [0.25, 0.3) is 5.91 Å². The van der Waals surface area contributed by atoms with E-state index in [1.807, 2.05) is 6.07 Å². The summed E-state index contributed by atoms with van der Waals surface area (Å²) in [7, 11) is 0. The predicted molar refractivity (Wildman–Crippen MR) is 74.3 cm³/mol. The Labute approximate surface area is 113 Å². The van der Waals surface area contributed by atoms with Crippen molar-refractivity contribution in [1.29, 1.82) is 0 Å². The zero-order valence-corrected chi connectivity index (χ0v) is 12.2. The molecule has 0 saturated carbocycles. The molecule has 0 unspecified atom stereocenters. The number of hydrogen-bond acceptors (Lipinski definition) is 3. The van der Waals surface area contributed by atoms with Crippen LogP contribution in [0, 0.1) is 12.3 Å². The largest absolute Gasteiger partial charge is 0.380 e. The molecule has 1 N–H and O–H groups in total. The molecule has 3 nitrogen and oxygen atoms in total. The maximum atomic E-state index is 12.1. The van der Waals surface area contributed by atoms with Crippen LogP contribution in [0.3, 0.4) is 0 Å². The van der Waals surface area contributed by atoms with E-state index in [4.69, 9.17) is 4.74 Å². The zero-order chi connectivity index (χ0) is 13.2. The Hall–Kier alpha value is -0.870. The number of hydrogen-bond donors (Lipinski definition) is 1. The quantitative estimate of drug-likeness (QED) is 0.891. The first-order valence-corrected chi connectivity index (χ1v) is 7.31. The second kappa shape index (κ2) is 5.41. The van der Waals surface area contributed by atoms with Gasteiger partial charge in [-0.25, -0.2) is 0 Å². The van der Waals surface area contributed by atoms with Crippen molar-refractivity contribution in [1.82, 2.24) is 5.32 Å². The van der Waals surface area contributed by atoms with Crippen molar-refractivity contribution in [3.05, 3.63) is 21.4 Å². The molecule has 100 valence electrons. The van der Waals surface area contributed by atoms with Gasteiger partial charge in [0.15, 0.2) is 0 Å². The molecular formula is C14H21NO2S. The Morgan fingerprint density at radius 1 is 1.56 bits per heavy atom. The smallest absolute Gasteiger partial charge is 0.261 e. The fourth-order valence-corrected chi connectivity index (χ4v) is 3.07. The molecule has 1 aromatic rings. The SMILES string of the molecule is CCCc1cc(C(=O)NCC2(C)COC2)sc1C. The highest BCUT2D eigenvalue weighted by molar-refractivity contribution is 7.14. The van der Waals surface area contributed by atoms with E-state index in [2.05, 4.69) is 26.1 Å². The fraction of sp³-hybridized carbons (Fsp3) is 0.643. The van der Waals surface area contributed by atoms with Crippen LogP contribution >= 0.6 is 11.3 Å². The first-order valence-electron chi connectivity index (χ1n) is 6.49. The van der Waals surface area contributed by atoms with Gasteiger partial charge in [-0.05, 0) is 25.0 Å². The van der Waals surface area contributed by atoms with Gasteiger partial charge in [0.2, 0.25) is 0 Å². The Morgan fingerprint density at radius 2 is 2.28 bits per heavy atom. The van der Waals surface area contributed by atoms with Crippen LogP contribution in [0.15, 0.2) is 6.07 Å². The van der Waals surface area contributed by atoms with Crippen molar-refractivity contribution in [2.24, 2.45) is 5.41 Å². The number of amides is 1. The number of thiophene rings is 1. The van der Waals surface area contributed by atoms with E-state index in [0.29, 0.717) is 6.54 Å². The molecule has 0 radical (unpaired) electrons. The van der Waals surface area contributed by atoms with E-state index in [1.165, 1.54) is 10.4 Å². The Kier molecular flexibility index (Phi) is 4.07. The number of carbonyl (C=O) groups is 1. The average Bonchev–Trinajstić information content (AvgIpc) is 2.66. The van der Waals surface area contributed by atoms with Crippen LogP contribution in [0.2, 0.25) is 0 Å². The molecule has 1 saturated heterocycles. The first kappa shape index (κ1) is 13.6. The minimum Gasteiger partial charge on any atom is -0.380 e. The van der Waals surface area contributed by atoms with E-state index >= 15 is 0 Å². The minimum atomic E-state index is 0.0542. The number of rotatable bonds is 5. The Bertz CT molecular complexity index is 435. The molecule has 2 heterocycles. The van der Waals surface area contributed by atoms with Crippen LogP contribution in [0.5, 0.6) is 0 Å². The molecule has 1 aliphatic heterocycles. The van der Waals surface area contributed by atoms with Crippen molar-refractivity contribution in [2.75, 3.05) is 19.8 Å². The molecule has 0 bridgehead atoms.